The van der Waals surface area contributed by atoms with E-state index >= 15 is 0 Å². The number of hydrogen-bond acceptors (Lipinski definition) is 5. The predicted molar refractivity (Wildman–Crippen MR) is 56.9 cm³/mol. The summed E-state index contributed by atoms with van der Waals surface area (Å²) in [6, 6.07) is 0. The summed E-state index contributed by atoms with van der Waals surface area (Å²) >= 11 is 0. The maximum absolute atomic E-state index is 11.0. The molecular formula is C9H8N4O3. The fraction of sp³-hybridized carbons (Fsp3) is 0.111. The Morgan fingerprint density at radius 2 is 2.38 bits per heavy atom. The van der Waals surface area contributed by atoms with Gasteiger partial charge in [-0.05, 0) is 6.08 Å². The quantitative estimate of drug-likeness (QED) is 0.606. The van der Waals surface area contributed by atoms with Gasteiger partial charge in [-0.2, -0.15) is 0 Å². The van der Waals surface area contributed by atoms with Crippen molar-refractivity contribution >= 4 is 22.7 Å². The number of nitro groups is 1. The predicted octanol–water partition coefficient (Wildman–Crippen LogP) is 1.23. The molecule has 2 aromatic heterocycles. The van der Waals surface area contributed by atoms with Crippen LogP contribution in [0.15, 0.2) is 12.8 Å². The summed E-state index contributed by atoms with van der Waals surface area (Å²) < 4.78 is 1.25. The first kappa shape index (κ1) is 10.1. The lowest BCUT2D eigenvalue weighted by Crippen LogP contribution is -1.99. The summed E-state index contributed by atoms with van der Waals surface area (Å²) in [6.45, 7) is 3.46. The van der Waals surface area contributed by atoms with Crippen molar-refractivity contribution in [2.75, 3.05) is 0 Å². The molecule has 2 rings (SSSR count). The number of nitrogens with zero attached hydrogens (tertiary/aromatic N) is 4. The minimum atomic E-state index is -0.562. The van der Waals surface area contributed by atoms with Crippen LogP contribution < -0.4 is 0 Å². The van der Waals surface area contributed by atoms with E-state index in [2.05, 4.69) is 16.7 Å². The smallest absolute Gasteiger partial charge is 0.320 e. The molecular weight excluding hydrogens is 212 g/mol. The first-order valence-electron chi connectivity index (χ1n) is 4.37. The van der Waals surface area contributed by atoms with Crippen molar-refractivity contribution in [2.24, 2.45) is 7.05 Å². The monoisotopic (exact) mass is 220 g/mol. The molecule has 0 aliphatic carbocycles. The van der Waals surface area contributed by atoms with Gasteiger partial charge in [0.25, 0.3) is 0 Å². The van der Waals surface area contributed by atoms with E-state index < -0.39 is 4.92 Å². The number of fused-ring (bicyclic) bond motifs is 1. The molecule has 0 saturated carbocycles. The van der Waals surface area contributed by atoms with E-state index in [4.69, 9.17) is 0 Å². The third-order valence-corrected chi connectivity index (χ3v) is 2.24. The zero-order valence-corrected chi connectivity index (χ0v) is 8.41. The second kappa shape index (κ2) is 3.30. The van der Waals surface area contributed by atoms with Crippen molar-refractivity contribution in [3.05, 3.63) is 28.6 Å². The Morgan fingerprint density at radius 1 is 1.69 bits per heavy atom. The van der Waals surface area contributed by atoms with E-state index in [1.165, 1.54) is 24.0 Å². The van der Waals surface area contributed by atoms with Crippen LogP contribution in [0.5, 0.6) is 5.88 Å². The Morgan fingerprint density at radius 3 is 2.94 bits per heavy atom. The SMILES string of the molecule is C=Cc1ncc2c(O)nn(C)c2c1[N+](=O)[O-]. The molecule has 0 atom stereocenters. The molecule has 7 heteroatoms. The van der Waals surface area contributed by atoms with E-state index in [-0.39, 0.29) is 28.2 Å². The van der Waals surface area contributed by atoms with Crippen molar-refractivity contribution in [3.8, 4) is 5.88 Å². The second-order valence-electron chi connectivity index (χ2n) is 3.16. The second-order valence-corrected chi connectivity index (χ2v) is 3.16. The number of pyridine rings is 1. The van der Waals surface area contributed by atoms with Gasteiger partial charge in [-0.25, -0.2) is 4.98 Å². The van der Waals surface area contributed by atoms with Crippen LogP contribution in [0.1, 0.15) is 5.69 Å². The first-order chi connectivity index (χ1) is 7.56. The number of aromatic hydroxyl groups is 1. The zero-order valence-electron chi connectivity index (χ0n) is 8.41. The fourth-order valence-electron chi connectivity index (χ4n) is 1.57. The molecule has 16 heavy (non-hydrogen) atoms. The maximum atomic E-state index is 11.0. The van der Waals surface area contributed by atoms with Gasteiger partial charge in [0.2, 0.25) is 5.88 Å². The van der Waals surface area contributed by atoms with Crippen molar-refractivity contribution in [1.82, 2.24) is 14.8 Å². The van der Waals surface area contributed by atoms with Crippen molar-refractivity contribution in [1.29, 1.82) is 0 Å². The standard InChI is InChI=1S/C9H8N4O3/c1-3-6-8(13(15)16)7-5(4-10-6)9(14)11-12(7)2/h3-4H,1H2,2H3,(H,11,14). The maximum Gasteiger partial charge on any atom is 0.320 e. The van der Waals surface area contributed by atoms with Crippen LogP contribution in [0.4, 0.5) is 5.69 Å². The normalized spacial score (nSPS) is 10.6. The summed E-state index contributed by atoms with van der Waals surface area (Å²) in [5, 5.41) is 24.3. The van der Waals surface area contributed by atoms with Crippen molar-refractivity contribution < 1.29 is 10.0 Å². The molecule has 1 N–H and O–H groups in total. The van der Waals surface area contributed by atoms with E-state index in [1.807, 2.05) is 0 Å². The van der Waals surface area contributed by atoms with Gasteiger partial charge in [0.15, 0.2) is 5.52 Å². The molecule has 0 bridgehead atoms. The highest BCUT2D eigenvalue weighted by molar-refractivity contribution is 5.93. The average molecular weight is 220 g/mol. The van der Waals surface area contributed by atoms with Gasteiger partial charge < -0.3 is 5.11 Å². The highest BCUT2D eigenvalue weighted by Crippen LogP contribution is 2.32. The van der Waals surface area contributed by atoms with Gasteiger partial charge >= 0.3 is 5.69 Å². The highest BCUT2D eigenvalue weighted by atomic mass is 16.6. The lowest BCUT2D eigenvalue weighted by Gasteiger charge is -1.99. The van der Waals surface area contributed by atoms with Gasteiger partial charge in [0.05, 0.1) is 10.3 Å². The van der Waals surface area contributed by atoms with Crippen LogP contribution in [0.25, 0.3) is 17.0 Å². The van der Waals surface area contributed by atoms with Crippen LogP contribution in [-0.2, 0) is 7.05 Å². The molecule has 2 aromatic rings. The molecule has 0 aliphatic rings. The summed E-state index contributed by atoms with van der Waals surface area (Å²) in [6.07, 6.45) is 2.63. The molecule has 0 radical (unpaired) electrons. The largest absolute Gasteiger partial charge is 0.492 e. The summed E-state index contributed by atoms with van der Waals surface area (Å²) in [4.78, 5) is 14.2. The topological polar surface area (TPSA) is 94.1 Å². The van der Waals surface area contributed by atoms with Gasteiger partial charge in [0.1, 0.15) is 5.69 Å². The molecule has 0 unspecified atom stereocenters. The van der Waals surface area contributed by atoms with E-state index in [1.54, 1.807) is 0 Å². The number of aryl methyl sites for hydroxylation is 1. The van der Waals surface area contributed by atoms with Crippen LogP contribution >= 0.6 is 0 Å². The third kappa shape index (κ3) is 1.22. The molecule has 0 aromatic carbocycles. The Bertz CT molecular complexity index is 602. The zero-order chi connectivity index (χ0) is 11.9. The van der Waals surface area contributed by atoms with Gasteiger partial charge in [-0.3, -0.25) is 14.8 Å². The van der Waals surface area contributed by atoms with E-state index in [0.717, 1.165) is 0 Å². The number of hydrogen-bond donors (Lipinski definition) is 1. The van der Waals surface area contributed by atoms with Crippen LogP contribution in [-0.4, -0.2) is 24.8 Å². The molecule has 82 valence electrons. The molecule has 0 spiro atoms. The van der Waals surface area contributed by atoms with Crippen LogP contribution in [0, 0.1) is 10.1 Å². The van der Waals surface area contributed by atoms with Crippen LogP contribution in [0.2, 0.25) is 0 Å². The average Bonchev–Trinajstić information content (AvgIpc) is 2.53. The van der Waals surface area contributed by atoms with Gasteiger partial charge in [-0.15, -0.1) is 5.10 Å². The highest BCUT2D eigenvalue weighted by Gasteiger charge is 2.23. The van der Waals surface area contributed by atoms with Crippen molar-refractivity contribution in [2.45, 2.75) is 0 Å². The Labute approximate surface area is 89.8 Å². The molecule has 0 aliphatic heterocycles. The summed E-state index contributed by atoms with van der Waals surface area (Å²) in [5.41, 5.74) is 0.177. The Hall–Kier alpha value is -2.44. The molecule has 0 amide bonds. The first-order valence-corrected chi connectivity index (χ1v) is 4.37. The fourth-order valence-corrected chi connectivity index (χ4v) is 1.57. The Kier molecular flexibility index (Phi) is 2.08. The Balaban J connectivity index is 2.99. The lowest BCUT2D eigenvalue weighted by molar-refractivity contribution is -0.383. The van der Waals surface area contributed by atoms with Crippen molar-refractivity contribution in [3.63, 3.8) is 0 Å². The van der Waals surface area contributed by atoms with E-state index in [9.17, 15) is 15.2 Å². The minimum absolute atomic E-state index is 0.153. The van der Waals surface area contributed by atoms with Crippen LogP contribution in [0.3, 0.4) is 0 Å². The van der Waals surface area contributed by atoms with Gasteiger partial charge in [0, 0.05) is 13.2 Å². The lowest BCUT2D eigenvalue weighted by atomic mass is 10.2. The number of rotatable bonds is 2. The third-order valence-electron chi connectivity index (χ3n) is 2.24. The minimum Gasteiger partial charge on any atom is -0.492 e. The molecule has 0 saturated heterocycles. The number of aromatic nitrogens is 3. The van der Waals surface area contributed by atoms with Gasteiger partial charge in [-0.1, -0.05) is 6.58 Å². The molecule has 2 heterocycles. The summed E-state index contributed by atoms with van der Waals surface area (Å²) in [5.74, 6) is -0.274. The van der Waals surface area contributed by atoms with E-state index in [0.29, 0.717) is 0 Å². The molecule has 7 nitrogen and oxygen atoms in total. The summed E-state index contributed by atoms with van der Waals surface area (Å²) in [7, 11) is 1.52. The molecule has 0 fully saturated rings.